The zero-order valence-corrected chi connectivity index (χ0v) is 30.3. The summed E-state index contributed by atoms with van der Waals surface area (Å²) in [6.45, 7) is 8.34. The maximum atomic E-state index is 4.26. The molecule has 8 aromatic rings. The topological polar surface area (TPSA) is 0 Å². The summed E-state index contributed by atoms with van der Waals surface area (Å²) >= 11 is 0. The van der Waals surface area contributed by atoms with Gasteiger partial charge >= 0.3 is 0 Å². The van der Waals surface area contributed by atoms with E-state index in [1.165, 1.54) is 88.0 Å². The molecule has 54 heavy (non-hydrogen) atoms. The summed E-state index contributed by atoms with van der Waals surface area (Å²) in [5, 5.41) is 7.40. The van der Waals surface area contributed by atoms with Crippen LogP contribution in [0, 0.1) is 0 Å². The van der Waals surface area contributed by atoms with Crippen LogP contribution in [0.3, 0.4) is 0 Å². The molecule has 0 aromatic heterocycles. The first kappa shape index (κ1) is 33.1. The van der Waals surface area contributed by atoms with Gasteiger partial charge in [-0.1, -0.05) is 171 Å². The van der Waals surface area contributed by atoms with Crippen LogP contribution in [0.2, 0.25) is 0 Å². The molecular weight excluding hydrogens is 649 g/mol. The summed E-state index contributed by atoms with van der Waals surface area (Å²) in [5.74, 6) is 0. The van der Waals surface area contributed by atoms with E-state index in [4.69, 9.17) is 0 Å². The van der Waals surface area contributed by atoms with Gasteiger partial charge in [-0.15, -0.1) is 0 Å². The van der Waals surface area contributed by atoms with E-state index in [0.29, 0.717) is 0 Å². The highest BCUT2D eigenvalue weighted by Crippen LogP contribution is 2.47. The summed E-state index contributed by atoms with van der Waals surface area (Å²) in [6.07, 6.45) is 15.0. The molecule has 0 N–H and O–H groups in total. The summed E-state index contributed by atoms with van der Waals surface area (Å²) < 4.78 is 0. The van der Waals surface area contributed by atoms with Crippen molar-refractivity contribution in [1.82, 2.24) is 0 Å². The molecule has 0 saturated heterocycles. The molecule has 0 fully saturated rings. The molecule has 0 atom stereocenters. The molecule has 0 amide bonds. The average molecular weight is 689 g/mol. The minimum Gasteiger partial charge on any atom is -0.0990 e. The Bertz CT molecular complexity index is 2800. The van der Waals surface area contributed by atoms with Crippen LogP contribution < -0.4 is 0 Å². The number of allylic oxidation sites excluding steroid dienone is 8. The molecule has 0 bridgehead atoms. The predicted molar refractivity (Wildman–Crippen MR) is 235 cm³/mol. The fourth-order valence-corrected chi connectivity index (χ4v) is 8.25. The van der Waals surface area contributed by atoms with E-state index in [2.05, 4.69) is 195 Å². The highest BCUT2D eigenvalue weighted by Gasteiger charge is 2.21. The first-order valence-corrected chi connectivity index (χ1v) is 18.8. The third-order valence-corrected chi connectivity index (χ3v) is 10.8. The average Bonchev–Trinajstić information content (AvgIpc) is 3.26. The SMILES string of the molecule is C=C/C=C(\C=C)c1cc2c(cc1C1=CCCC=C1)c1cc(-c3ccccc3)c(-c3ccccc3)cc1c1cc(-c3ccccc3)c(-c3ccccc3)cc21. The minimum atomic E-state index is 1.03. The zero-order valence-electron chi connectivity index (χ0n) is 30.3. The van der Waals surface area contributed by atoms with Crippen molar-refractivity contribution in [3.05, 3.63) is 218 Å². The van der Waals surface area contributed by atoms with Crippen molar-refractivity contribution < 1.29 is 0 Å². The van der Waals surface area contributed by atoms with Gasteiger partial charge in [0.15, 0.2) is 0 Å². The first-order chi connectivity index (χ1) is 26.7. The quantitative estimate of drug-likeness (QED) is 0.110. The van der Waals surface area contributed by atoms with E-state index in [0.717, 1.165) is 24.0 Å². The highest BCUT2D eigenvalue weighted by atomic mass is 14.2. The van der Waals surface area contributed by atoms with Crippen LogP contribution in [0.4, 0.5) is 0 Å². The third-order valence-electron chi connectivity index (χ3n) is 10.8. The molecule has 9 rings (SSSR count). The fraction of sp³-hybridized carbons (Fsp3) is 0.0370. The zero-order chi connectivity index (χ0) is 36.4. The molecule has 0 aliphatic heterocycles. The van der Waals surface area contributed by atoms with Crippen LogP contribution in [0.25, 0.3) is 88.0 Å². The molecule has 1 aliphatic carbocycles. The lowest BCUT2D eigenvalue weighted by Crippen LogP contribution is -1.97. The van der Waals surface area contributed by atoms with E-state index in [1.54, 1.807) is 0 Å². The van der Waals surface area contributed by atoms with E-state index in [1.807, 2.05) is 12.2 Å². The van der Waals surface area contributed by atoms with Crippen molar-refractivity contribution in [2.45, 2.75) is 12.8 Å². The molecule has 1 aliphatic rings. The summed E-state index contributed by atoms with van der Waals surface area (Å²) in [6, 6.07) is 57.9. The summed E-state index contributed by atoms with van der Waals surface area (Å²) in [5.41, 5.74) is 14.4. The molecule has 256 valence electrons. The summed E-state index contributed by atoms with van der Waals surface area (Å²) in [4.78, 5) is 0. The standard InChI is InChI=1S/C54H40/c1-3-20-37(4-2)43-31-49-50(32-44(43)38-21-10-5-11-22-38)52-34-46(40-25-14-7-15-26-40)48(42-29-18-9-19-30-42)36-54(52)53-35-47(41-27-16-8-17-28-41)45(33-51(49)53)39-23-12-6-13-24-39/h3-4,6-10,12-36H,1-2,5,11H2/b37-20+. The lowest BCUT2D eigenvalue weighted by Gasteiger charge is -2.21. The molecule has 0 radical (unpaired) electrons. The molecule has 0 spiro atoms. The monoisotopic (exact) mass is 688 g/mol. The van der Waals surface area contributed by atoms with Crippen molar-refractivity contribution >= 4 is 43.5 Å². The van der Waals surface area contributed by atoms with Crippen LogP contribution in [0.15, 0.2) is 207 Å². The van der Waals surface area contributed by atoms with E-state index >= 15 is 0 Å². The molecule has 0 heterocycles. The van der Waals surface area contributed by atoms with Crippen LogP contribution >= 0.6 is 0 Å². The van der Waals surface area contributed by atoms with E-state index < -0.39 is 0 Å². The van der Waals surface area contributed by atoms with Crippen molar-refractivity contribution in [1.29, 1.82) is 0 Å². The van der Waals surface area contributed by atoms with Gasteiger partial charge in [0.05, 0.1) is 0 Å². The van der Waals surface area contributed by atoms with Crippen LogP contribution in [-0.4, -0.2) is 0 Å². The van der Waals surface area contributed by atoms with Gasteiger partial charge in [-0.05, 0) is 148 Å². The highest BCUT2D eigenvalue weighted by molar-refractivity contribution is 6.28. The number of benzene rings is 8. The minimum absolute atomic E-state index is 1.03. The van der Waals surface area contributed by atoms with Gasteiger partial charge in [0.2, 0.25) is 0 Å². The van der Waals surface area contributed by atoms with Gasteiger partial charge in [0.1, 0.15) is 0 Å². The number of hydrogen-bond donors (Lipinski definition) is 0. The maximum absolute atomic E-state index is 4.26. The fourth-order valence-electron chi connectivity index (χ4n) is 8.25. The van der Waals surface area contributed by atoms with Gasteiger partial charge in [0.25, 0.3) is 0 Å². The maximum Gasteiger partial charge on any atom is -0.00921 e. The van der Waals surface area contributed by atoms with Crippen molar-refractivity contribution in [2.24, 2.45) is 0 Å². The van der Waals surface area contributed by atoms with E-state index in [-0.39, 0.29) is 0 Å². The number of hydrogen-bond acceptors (Lipinski definition) is 0. The molecule has 0 saturated carbocycles. The largest absolute Gasteiger partial charge is 0.0990 e. The second-order valence-electron chi connectivity index (χ2n) is 14.0. The van der Waals surface area contributed by atoms with Gasteiger partial charge in [-0.25, -0.2) is 0 Å². The van der Waals surface area contributed by atoms with Gasteiger partial charge in [0, 0.05) is 0 Å². The Balaban J connectivity index is 1.51. The molecular formula is C54H40. The Morgan fingerprint density at radius 2 is 0.796 bits per heavy atom. The van der Waals surface area contributed by atoms with E-state index in [9.17, 15) is 0 Å². The van der Waals surface area contributed by atoms with Crippen LogP contribution in [0.1, 0.15) is 24.0 Å². The second-order valence-corrected chi connectivity index (χ2v) is 14.0. The van der Waals surface area contributed by atoms with Crippen molar-refractivity contribution in [2.75, 3.05) is 0 Å². The van der Waals surface area contributed by atoms with Crippen molar-refractivity contribution in [3.63, 3.8) is 0 Å². The van der Waals surface area contributed by atoms with Gasteiger partial charge in [-0.2, -0.15) is 0 Å². The Kier molecular flexibility index (Phi) is 8.79. The molecule has 0 heteroatoms. The van der Waals surface area contributed by atoms with Crippen molar-refractivity contribution in [3.8, 4) is 44.5 Å². The predicted octanol–water partition coefficient (Wildman–Crippen LogP) is 15.3. The molecule has 8 aromatic carbocycles. The van der Waals surface area contributed by atoms with Gasteiger partial charge < -0.3 is 0 Å². The normalized spacial score (nSPS) is 13.0. The molecule has 0 unspecified atom stereocenters. The lowest BCUT2D eigenvalue weighted by molar-refractivity contribution is 1.04. The third kappa shape index (κ3) is 5.93. The Morgan fingerprint density at radius 3 is 1.13 bits per heavy atom. The van der Waals surface area contributed by atoms with Crippen LogP contribution in [0.5, 0.6) is 0 Å². The second kappa shape index (κ2) is 14.3. The Morgan fingerprint density at radius 1 is 0.426 bits per heavy atom. The summed E-state index contributed by atoms with van der Waals surface area (Å²) in [7, 11) is 0. The number of fused-ring (bicyclic) bond motifs is 6. The smallest absolute Gasteiger partial charge is 0.00921 e. The Labute approximate surface area is 318 Å². The van der Waals surface area contributed by atoms with Gasteiger partial charge in [-0.3, -0.25) is 0 Å². The lowest BCUT2D eigenvalue weighted by atomic mass is 9.82. The Hall–Kier alpha value is -6.76. The first-order valence-electron chi connectivity index (χ1n) is 18.8. The van der Waals surface area contributed by atoms with Crippen LogP contribution in [-0.2, 0) is 0 Å². The number of rotatable bonds is 8. The molecule has 0 nitrogen and oxygen atoms in total.